The van der Waals surface area contributed by atoms with Crippen LogP contribution in [0.2, 0.25) is 0 Å². The largest absolute Gasteiger partial charge is 0.480 e. The normalized spacial score (nSPS) is 12.7. The molecule has 19 heavy (non-hydrogen) atoms. The second-order valence-electron chi connectivity index (χ2n) is 3.67. The number of hydrogen-bond donors (Lipinski definition) is 2. The molecule has 0 heterocycles. The summed E-state index contributed by atoms with van der Waals surface area (Å²) >= 11 is 0. The lowest BCUT2D eigenvalue weighted by molar-refractivity contribution is -0.139. The Balaban J connectivity index is 3.14. The van der Waals surface area contributed by atoms with Crippen LogP contribution in [0.3, 0.4) is 0 Å². The Hall–Kier alpha value is -1.98. The zero-order valence-corrected chi connectivity index (χ0v) is 10.7. The van der Waals surface area contributed by atoms with E-state index < -0.39 is 33.4 Å². The van der Waals surface area contributed by atoms with Crippen LogP contribution in [0.15, 0.2) is 23.1 Å². The average Bonchev–Trinajstić information content (AvgIpc) is 2.36. The molecule has 1 aromatic carbocycles. The Bertz CT molecular complexity index is 637. The first kappa shape index (κ1) is 15.1. The molecule has 0 aliphatic carbocycles. The fourth-order valence-corrected chi connectivity index (χ4v) is 2.62. The molecule has 2 N–H and O–H groups in total. The van der Waals surface area contributed by atoms with Crippen molar-refractivity contribution in [3.05, 3.63) is 29.6 Å². The molecule has 0 radical (unpaired) electrons. The third-order valence-electron chi connectivity index (χ3n) is 2.37. The van der Waals surface area contributed by atoms with Crippen LogP contribution < -0.4 is 4.72 Å². The number of halogens is 1. The molecule has 1 atom stereocenters. The maximum atomic E-state index is 13.1. The van der Waals surface area contributed by atoms with E-state index >= 15 is 0 Å². The summed E-state index contributed by atoms with van der Waals surface area (Å²) in [5.41, 5.74) is -0.425. The van der Waals surface area contributed by atoms with E-state index in [0.29, 0.717) is 0 Å². The lowest BCUT2D eigenvalue weighted by Gasteiger charge is -2.12. The number of carboxylic acid groups (broad SMARTS) is 1. The fraction of sp³-hybridized carbons (Fsp3) is 0.273. The number of nitrogens with zero attached hydrogens (tertiary/aromatic N) is 1. The third-order valence-corrected chi connectivity index (χ3v) is 3.84. The SMILES string of the molecule is CCC(NS(=O)(=O)c1ccc(F)c(C#N)c1)C(=O)O. The van der Waals surface area contributed by atoms with Gasteiger partial charge in [0.1, 0.15) is 17.9 Å². The third kappa shape index (κ3) is 3.49. The number of aliphatic carboxylic acids is 1. The van der Waals surface area contributed by atoms with Crippen molar-refractivity contribution < 1.29 is 22.7 Å². The molecular formula is C11H11FN2O4S. The molecule has 1 unspecified atom stereocenters. The van der Waals surface area contributed by atoms with E-state index in [1.807, 2.05) is 4.72 Å². The zero-order valence-electron chi connectivity index (χ0n) is 9.92. The highest BCUT2D eigenvalue weighted by Crippen LogP contribution is 2.15. The van der Waals surface area contributed by atoms with Gasteiger partial charge < -0.3 is 5.11 Å². The van der Waals surface area contributed by atoms with E-state index in [2.05, 4.69) is 0 Å². The van der Waals surface area contributed by atoms with Crippen LogP contribution in [0.4, 0.5) is 4.39 Å². The maximum Gasteiger partial charge on any atom is 0.321 e. The van der Waals surface area contributed by atoms with Gasteiger partial charge in [-0.2, -0.15) is 9.98 Å². The number of nitrogens with one attached hydrogen (secondary N) is 1. The fourth-order valence-electron chi connectivity index (χ4n) is 1.32. The van der Waals surface area contributed by atoms with Gasteiger partial charge >= 0.3 is 5.97 Å². The van der Waals surface area contributed by atoms with Gasteiger partial charge in [0.25, 0.3) is 0 Å². The Morgan fingerprint density at radius 3 is 2.68 bits per heavy atom. The summed E-state index contributed by atoms with van der Waals surface area (Å²) in [5.74, 6) is -2.15. The Labute approximate surface area is 109 Å². The standard InChI is InChI=1S/C11H11FN2O4S/c1-2-10(11(15)16)14-19(17,18)8-3-4-9(12)7(5-8)6-13/h3-5,10,14H,2H2,1H3,(H,15,16). The quantitative estimate of drug-likeness (QED) is 0.834. The predicted molar refractivity (Wildman–Crippen MR) is 63.2 cm³/mol. The number of benzene rings is 1. The molecule has 102 valence electrons. The smallest absolute Gasteiger partial charge is 0.321 e. The van der Waals surface area contributed by atoms with Gasteiger partial charge in [-0.05, 0) is 24.6 Å². The molecule has 1 aromatic rings. The van der Waals surface area contributed by atoms with Gasteiger partial charge in [0.15, 0.2) is 0 Å². The van der Waals surface area contributed by atoms with E-state index in [1.165, 1.54) is 13.0 Å². The molecule has 0 saturated heterocycles. The van der Waals surface area contributed by atoms with Gasteiger partial charge in [-0.15, -0.1) is 0 Å². The summed E-state index contributed by atoms with van der Waals surface area (Å²) in [6.07, 6.45) is 0.0564. The molecule has 6 nitrogen and oxygen atoms in total. The topological polar surface area (TPSA) is 107 Å². The van der Waals surface area contributed by atoms with Crippen LogP contribution in [0.1, 0.15) is 18.9 Å². The van der Waals surface area contributed by atoms with Crippen molar-refractivity contribution in [2.45, 2.75) is 24.3 Å². The Morgan fingerprint density at radius 2 is 2.21 bits per heavy atom. The first-order valence-electron chi connectivity index (χ1n) is 5.26. The van der Waals surface area contributed by atoms with Crippen LogP contribution in [-0.4, -0.2) is 25.5 Å². The van der Waals surface area contributed by atoms with E-state index in [-0.39, 0.29) is 11.3 Å². The van der Waals surface area contributed by atoms with Gasteiger partial charge in [0.05, 0.1) is 10.5 Å². The van der Waals surface area contributed by atoms with Gasteiger partial charge in [0, 0.05) is 0 Å². The molecule has 0 aromatic heterocycles. The average molecular weight is 286 g/mol. The van der Waals surface area contributed by atoms with Crippen LogP contribution in [0.5, 0.6) is 0 Å². The van der Waals surface area contributed by atoms with Gasteiger partial charge in [-0.25, -0.2) is 12.8 Å². The summed E-state index contributed by atoms with van der Waals surface area (Å²) in [6, 6.07) is 2.90. The number of sulfonamides is 1. The second-order valence-corrected chi connectivity index (χ2v) is 5.39. The predicted octanol–water partition coefficient (Wildman–Crippen LogP) is 0.839. The first-order chi connectivity index (χ1) is 8.81. The summed E-state index contributed by atoms with van der Waals surface area (Å²) in [5, 5.41) is 17.4. The first-order valence-corrected chi connectivity index (χ1v) is 6.75. The van der Waals surface area contributed by atoms with Crippen molar-refractivity contribution in [2.75, 3.05) is 0 Å². The monoisotopic (exact) mass is 286 g/mol. The summed E-state index contributed by atoms with van der Waals surface area (Å²) in [4.78, 5) is 10.4. The van der Waals surface area contributed by atoms with Crippen LogP contribution in [-0.2, 0) is 14.8 Å². The summed E-state index contributed by atoms with van der Waals surface area (Å²) in [7, 11) is -4.11. The number of carbonyl (C=O) groups is 1. The molecule has 0 spiro atoms. The van der Waals surface area contributed by atoms with E-state index in [4.69, 9.17) is 10.4 Å². The molecule has 0 fully saturated rings. The summed E-state index contributed by atoms with van der Waals surface area (Å²) in [6.45, 7) is 1.51. The molecule has 0 saturated carbocycles. The molecule has 0 amide bonds. The lowest BCUT2D eigenvalue weighted by Crippen LogP contribution is -2.40. The highest BCUT2D eigenvalue weighted by molar-refractivity contribution is 7.89. The van der Waals surface area contributed by atoms with Crippen LogP contribution in [0.25, 0.3) is 0 Å². The van der Waals surface area contributed by atoms with E-state index in [0.717, 1.165) is 18.2 Å². The molecule has 0 aliphatic rings. The van der Waals surface area contributed by atoms with Gasteiger partial charge in [-0.3, -0.25) is 4.79 Å². The summed E-state index contributed by atoms with van der Waals surface area (Å²) < 4.78 is 38.8. The lowest BCUT2D eigenvalue weighted by atomic mass is 10.2. The molecule has 0 bridgehead atoms. The van der Waals surface area contributed by atoms with Crippen molar-refractivity contribution in [2.24, 2.45) is 0 Å². The van der Waals surface area contributed by atoms with Gasteiger partial charge in [0.2, 0.25) is 10.0 Å². The van der Waals surface area contributed by atoms with Crippen molar-refractivity contribution in [1.82, 2.24) is 4.72 Å². The second kappa shape index (κ2) is 5.77. The highest BCUT2D eigenvalue weighted by Gasteiger charge is 2.24. The van der Waals surface area contributed by atoms with E-state index in [9.17, 15) is 17.6 Å². The molecular weight excluding hydrogens is 275 g/mol. The molecule has 0 aliphatic heterocycles. The number of carboxylic acids is 1. The van der Waals surface area contributed by atoms with Crippen molar-refractivity contribution in [3.8, 4) is 6.07 Å². The Kier molecular flexibility index (Phi) is 4.58. The van der Waals surface area contributed by atoms with Crippen LogP contribution in [0, 0.1) is 17.1 Å². The highest BCUT2D eigenvalue weighted by atomic mass is 32.2. The van der Waals surface area contributed by atoms with Crippen molar-refractivity contribution in [1.29, 1.82) is 5.26 Å². The molecule has 1 rings (SSSR count). The number of nitriles is 1. The number of rotatable bonds is 5. The Morgan fingerprint density at radius 1 is 1.58 bits per heavy atom. The minimum Gasteiger partial charge on any atom is -0.480 e. The van der Waals surface area contributed by atoms with Crippen molar-refractivity contribution in [3.63, 3.8) is 0 Å². The van der Waals surface area contributed by atoms with Gasteiger partial charge in [-0.1, -0.05) is 6.92 Å². The van der Waals surface area contributed by atoms with Crippen LogP contribution >= 0.6 is 0 Å². The maximum absolute atomic E-state index is 13.1. The zero-order chi connectivity index (χ0) is 14.6. The van der Waals surface area contributed by atoms with E-state index in [1.54, 1.807) is 0 Å². The van der Waals surface area contributed by atoms with Crippen molar-refractivity contribution >= 4 is 16.0 Å². The minimum atomic E-state index is -4.11. The number of hydrogen-bond acceptors (Lipinski definition) is 4. The molecule has 8 heteroatoms. The minimum absolute atomic E-state index is 0.0564.